The summed E-state index contributed by atoms with van der Waals surface area (Å²) in [4.78, 5) is 11.5. The van der Waals surface area contributed by atoms with Gasteiger partial charge in [-0.05, 0) is 17.7 Å². The quantitative estimate of drug-likeness (QED) is 0.600. The second kappa shape index (κ2) is 5.64. The van der Waals surface area contributed by atoms with Crippen molar-refractivity contribution in [1.29, 1.82) is 0 Å². The maximum Gasteiger partial charge on any atom is 0.154 e. The van der Waals surface area contributed by atoms with E-state index in [1.807, 2.05) is 30.3 Å². The molecule has 0 atom stereocenters. The van der Waals surface area contributed by atoms with Crippen molar-refractivity contribution in [3.63, 3.8) is 0 Å². The van der Waals surface area contributed by atoms with E-state index in [-0.39, 0.29) is 5.56 Å². The van der Waals surface area contributed by atoms with Crippen LogP contribution in [-0.4, -0.2) is 6.29 Å². The number of aldehydes is 1. The second-order valence-corrected chi connectivity index (χ2v) is 4.56. The Labute approximate surface area is 104 Å². The zero-order chi connectivity index (χ0) is 12.1. The van der Waals surface area contributed by atoms with Gasteiger partial charge in [-0.25, -0.2) is 4.39 Å². The molecule has 0 fully saturated rings. The Morgan fingerprint density at radius 3 is 2.53 bits per heavy atom. The van der Waals surface area contributed by atoms with Crippen LogP contribution in [-0.2, 0) is 5.75 Å². The van der Waals surface area contributed by atoms with Crippen LogP contribution in [0.2, 0.25) is 0 Å². The standard InChI is InChI=1S/C14H11FOS/c15-13-7-4-8-14(12(13)9-16)17-10-11-5-2-1-3-6-11/h1-9H,10H2. The van der Waals surface area contributed by atoms with E-state index in [0.717, 1.165) is 11.3 Å². The van der Waals surface area contributed by atoms with Gasteiger partial charge >= 0.3 is 0 Å². The van der Waals surface area contributed by atoms with Gasteiger partial charge in [-0.2, -0.15) is 0 Å². The smallest absolute Gasteiger partial charge is 0.154 e. The van der Waals surface area contributed by atoms with Crippen molar-refractivity contribution in [2.24, 2.45) is 0 Å². The van der Waals surface area contributed by atoms with Gasteiger partial charge in [0.15, 0.2) is 6.29 Å². The highest BCUT2D eigenvalue weighted by molar-refractivity contribution is 7.98. The zero-order valence-electron chi connectivity index (χ0n) is 9.10. The van der Waals surface area contributed by atoms with Gasteiger partial charge in [0.05, 0.1) is 5.56 Å². The predicted octanol–water partition coefficient (Wildman–Crippen LogP) is 3.93. The highest BCUT2D eigenvalue weighted by Gasteiger charge is 2.07. The van der Waals surface area contributed by atoms with E-state index in [1.54, 1.807) is 12.1 Å². The lowest BCUT2D eigenvalue weighted by Crippen LogP contribution is -1.91. The third-order valence-electron chi connectivity index (χ3n) is 2.37. The first-order chi connectivity index (χ1) is 8.31. The minimum absolute atomic E-state index is 0.147. The molecule has 2 aromatic carbocycles. The summed E-state index contributed by atoms with van der Waals surface area (Å²) in [6.07, 6.45) is 0.572. The van der Waals surface area contributed by atoms with E-state index in [1.165, 1.54) is 17.8 Å². The van der Waals surface area contributed by atoms with Crippen molar-refractivity contribution in [3.05, 3.63) is 65.5 Å². The molecule has 0 aliphatic rings. The Morgan fingerprint density at radius 2 is 1.82 bits per heavy atom. The molecule has 0 saturated heterocycles. The van der Waals surface area contributed by atoms with Crippen molar-refractivity contribution in [3.8, 4) is 0 Å². The molecule has 0 heterocycles. The molecule has 2 aromatic rings. The van der Waals surface area contributed by atoms with Gasteiger partial charge in [-0.15, -0.1) is 11.8 Å². The highest BCUT2D eigenvalue weighted by atomic mass is 32.2. The van der Waals surface area contributed by atoms with Crippen LogP contribution < -0.4 is 0 Å². The van der Waals surface area contributed by atoms with E-state index in [2.05, 4.69) is 0 Å². The number of carbonyl (C=O) groups is 1. The van der Waals surface area contributed by atoms with E-state index in [9.17, 15) is 9.18 Å². The summed E-state index contributed by atoms with van der Waals surface area (Å²) in [5.41, 5.74) is 1.30. The minimum atomic E-state index is -0.460. The lowest BCUT2D eigenvalue weighted by atomic mass is 10.2. The molecule has 0 radical (unpaired) electrons. The Hall–Kier alpha value is -1.61. The summed E-state index contributed by atoms with van der Waals surface area (Å²) in [6.45, 7) is 0. The zero-order valence-corrected chi connectivity index (χ0v) is 9.91. The lowest BCUT2D eigenvalue weighted by molar-refractivity contribution is 0.111. The van der Waals surface area contributed by atoms with Crippen LogP contribution in [0.3, 0.4) is 0 Å². The third kappa shape index (κ3) is 2.94. The van der Waals surface area contributed by atoms with E-state index in [0.29, 0.717) is 11.2 Å². The van der Waals surface area contributed by atoms with Gasteiger partial charge in [-0.3, -0.25) is 4.79 Å². The maximum absolute atomic E-state index is 13.3. The van der Waals surface area contributed by atoms with Crippen LogP contribution in [0.4, 0.5) is 4.39 Å². The molecular formula is C14H11FOS. The average Bonchev–Trinajstić information content (AvgIpc) is 2.37. The number of benzene rings is 2. The van der Waals surface area contributed by atoms with Crippen molar-refractivity contribution in [2.75, 3.05) is 0 Å². The summed E-state index contributed by atoms with van der Waals surface area (Å²) in [7, 11) is 0. The van der Waals surface area contributed by atoms with Crippen LogP contribution in [0.5, 0.6) is 0 Å². The number of rotatable bonds is 4. The Balaban J connectivity index is 2.14. The van der Waals surface area contributed by atoms with Gasteiger partial charge in [0.25, 0.3) is 0 Å². The molecule has 0 N–H and O–H groups in total. The van der Waals surface area contributed by atoms with Crippen LogP contribution in [0, 0.1) is 5.82 Å². The molecule has 0 saturated carbocycles. The molecule has 0 aromatic heterocycles. The largest absolute Gasteiger partial charge is 0.298 e. The molecular weight excluding hydrogens is 235 g/mol. The lowest BCUT2D eigenvalue weighted by Gasteiger charge is -2.05. The SMILES string of the molecule is O=Cc1c(F)cccc1SCc1ccccc1. The van der Waals surface area contributed by atoms with Crippen molar-refractivity contribution in [1.82, 2.24) is 0 Å². The summed E-state index contributed by atoms with van der Waals surface area (Å²) in [6, 6.07) is 14.6. The van der Waals surface area contributed by atoms with Crippen molar-refractivity contribution >= 4 is 18.0 Å². The molecule has 0 spiro atoms. The van der Waals surface area contributed by atoms with E-state index < -0.39 is 5.82 Å². The van der Waals surface area contributed by atoms with Gasteiger partial charge in [0.1, 0.15) is 5.82 Å². The summed E-state index contributed by atoms with van der Waals surface area (Å²) < 4.78 is 13.3. The monoisotopic (exact) mass is 246 g/mol. The number of thioether (sulfide) groups is 1. The van der Waals surface area contributed by atoms with Crippen LogP contribution in [0.25, 0.3) is 0 Å². The molecule has 0 amide bonds. The van der Waals surface area contributed by atoms with Crippen molar-refractivity contribution < 1.29 is 9.18 Å². The number of halogens is 1. The predicted molar refractivity (Wildman–Crippen MR) is 67.8 cm³/mol. The summed E-state index contributed by atoms with van der Waals surface area (Å²) in [5.74, 6) is 0.267. The molecule has 0 bridgehead atoms. The molecule has 0 aliphatic heterocycles. The van der Waals surface area contributed by atoms with E-state index >= 15 is 0 Å². The highest BCUT2D eigenvalue weighted by Crippen LogP contribution is 2.26. The fourth-order valence-corrected chi connectivity index (χ4v) is 2.48. The number of hydrogen-bond donors (Lipinski definition) is 0. The molecule has 2 rings (SSSR count). The third-order valence-corrected chi connectivity index (χ3v) is 3.51. The molecule has 0 aliphatic carbocycles. The first kappa shape index (κ1) is 11.9. The van der Waals surface area contributed by atoms with Gasteiger partial charge < -0.3 is 0 Å². The summed E-state index contributed by atoms with van der Waals surface area (Å²) >= 11 is 1.47. The summed E-state index contributed by atoms with van der Waals surface area (Å²) in [5, 5.41) is 0. The maximum atomic E-state index is 13.3. The average molecular weight is 246 g/mol. The van der Waals surface area contributed by atoms with Gasteiger partial charge in [-0.1, -0.05) is 36.4 Å². The Morgan fingerprint density at radius 1 is 1.06 bits per heavy atom. The molecule has 1 nitrogen and oxygen atoms in total. The molecule has 86 valence electrons. The minimum Gasteiger partial charge on any atom is -0.298 e. The Bertz CT molecular complexity index is 511. The second-order valence-electron chi connectivity index (χ2n) is 3.54. The van der Waals surface area contributed by atoms with Crippen LogP contribution in [0.1, 0.15) is 15.9 Å². The van der Waals surface area contributed by atoms with Crippen molar-refractivity contribution in [2.45, 2.75) is 10.6 Å². The fourth-order valence-electron chi connectivity index (χ4n) is 1.49. The first-order valence-electron chi connectivity index (χ1n) is 5.21. The number of carbonyl (C=O) groups excluding carboxylic acids is 1. The molecule has 3 heteroatoms. The topological polar surface area (TPSA) is 17.1 Å². The number of hydrogen-bond acceptors (Lipinski definition) is 2. The van der Waals surface area contributed by atoms with Crippen LogP contribution in [0.15, 0.2) is 53.4 Å². The van der Waals surface area contributed by atoms with E-state index in [4.69, 9.17) is 0 Å². The Kier molecular flexibility index (Phi) is 3.94. The fraction of sp³-hybridized carbons (Fsp3) is 0.0714. The van der Waals surface area contributed by atoms with Gasteiger partial charge in [0.2, 0.25) is 0 Å². The normalized spacial score (nSPS) is 10.2. The van der Waals surface area contributed by atoms with Gasteiger partial charge in [0, 0.05) is 10.6 Å². The van der Waals surface area contributed by atoms with Crippen LogP contribution >= 0.6 is 11.8 Å². The molecule has 0 unspecified atom stereocenters. The first-order valence-corrected chi connectivity index (χ1v) is 6.20. The molecule has 17 heavy (non-hydrogen) atoms.